The zero-order valence-corrected chi connectivity index (χ0v) is 10.2. The molecule has 0 bridgehead atoms. The predicted molar refractivity (Wildman–Crippen MR) is 60.5 cm³/mol. The molecular weight excluding hydrogens is 245 g/mol. The predicted octanol–water partition coefficient (Wildman–Crippen LogP) is 0.786. The van der Waals surface area contributed by atoms with Gasteiger partial charge in [-0.3, -0.25) is 0 Å². The maximum atomic E-state index is 12.7. The van der Waals surface area contributed by atoms with Gasteiger partial charge >= 0.3 is 0 Å². The summed E-state index contributed by atoms with van der Waals surface area (Å²) >= 11 is 0. The Morgan fingerprint density at radius 2 is 1.88 bits per heavy atom. The van der Waals surface area contributed by atoms with Gasteiger partial charge in [-0.2, -0.15) is 22.7 Å². The molecule has 0 aliphatic carbocycles. The lowest BCUT2D eigenvalue weighted by atomic mass is 10.1. The van der Waals surface area contributed by atoms with Gasteiger partial charge in [0, 0.05) is 14.1 Å². The Hall–Kier alpha value is -1.49. The smallest absolute Gasteiger partial charge is 0.207 e. The first-order valence-corrected chi connectivity index (χ1v) is 6.15. The van der Waals surface area contributed by atoms with Crippen molar-refractivity contribution in [2.24, 2.45) is 0 Å². The minimum absolute atomic E-state index is 0.388. The van der Waals surface area contributed by atoms with Crippen LogP contribution < -0.4 is 4.72 Å². The number of nitrogens with one attached hydrogen (secondary N) is 1. The molecule has 92 valence electrons. The molecule has 0 aliphatic heterocycles. The van der Waals surface area contributed by atoms with Gasteiger partial charge < -0.3 is 0 Å². The first-order valence-electron chi connectivity index (χ1n) is 4.71. The molecule has 0 fully saturated rings. The van der Waals surface area contributed by atoms with Gasteiger partial charge in [-0.15, -0.1) is 0 Å². The molecule has 0 heterocycles. The van der Waals surface area contributed by atoms with E-state index in [9.17, 15) is 12.8 Å². The third kappa shape index (κ3) is 3.49. The van der Waals surface area contributed by atoms with Crippen LogP contribution in [-0.2, 0) is 10.2 Å². The largest absolute Gasteiger partial charge is 0.280 e. The summed E-state index contributed by atoms with van der Waals surface area (Å²) in [6, 6.07) is 5.84. The summed E-state index contributed by atoms with van der Waals surface area (Å²) in [5.74, 6) is -0.444. The number of nitriles is 1. The van der Waals surface area contributed by atoms with Gasteiger partial charge in [-0.1, -0.05) is 12.1 Å². The fraction of sp³-hybridized carbons (Fsp3) is 0.300. The molecule has 0 spiro atoms. The number of benzene rings is 1. The van der Waals surface area contributed by atoms with Crippen molar-refractivity contribution in [2.75, 3.05) is 14.1 Å². The molecule has 5 nitrogen and oxygen atoms in total. The number of hydrogen-bond acceptors (Lipinski definition) is 3. The minimum atomic E-state index is -3.70. The van der Waals surface area contributed by atoms with Gasteiger partial charge in [0.25, 0.3) is 10.2 Å². The van der Waals surface area contributed by atoms with Crippen molar-refractivity contribution in [3.05, 3.63) is 35.6 Å². The number of halogens is 1. The molecule has 0 saturated carbocycles. The third-order valence-corrected chi connectivity index (χ3v) is 3.57. The Labute approximate surface area is 99.7 Å². The van der Waals surface area contributed by atoms with Gasteiger partial charge in [-0.05, 0) is 17.7 Å². The van der Waals surface area contributed by atoms with Crippen LogP contribution in [0.5, 0.6) is 0 Å². The van der Waals surface area contributed by atoms with Crippen molar-refractivity contribution >= 4 is 10.2 Å². The highest BCUT2D eigenvalue weighted by Gasteiger charge is 2.20. The molecular formula is C10H12FN3O2S. The lowest BCUT2D eigenvalue weighted by Gasteiger charge is -2.16. The average Bonchev–Trinajstić information content (AvgIpc) is 2.27. The van der Waals surface area contributed by atoms with E-state index in [4.69, 9.17) is 5.26 Å². The van der Waals surface area contributed by atoms with Crippen LogP contribution in [0.25, 0.3) is 0 Å². The van der Waals surface area contributed by atoms with E-state index in [1.807, 2.05) is 6.07 Å². The molecule has 0 aliphatic rings. The average molecular weight is 257 g/mol. The summed E-state index contributed by atoms with van der Waals surface area (Å²) in [6.45, 7) is 0. The zero-order valence-electron chi connectivity index (χ0n) is 9.38. The summed E-state index contributed by atoms with van der Waals surface area (Å²) in [5.41, 5.74) is 0.388. The summed E-state index contributed by atoms with van der Waals surface area (Å²) < 4.78 is 38.9. The van der Waals surface area contributed by atoms with Crippen molar-refractivity contribution in [2.45, 2.75) is 6.04 Å². The van der Waals surface area contributed by atoms with E-state index in [2.05, 4.69) is 4.72 Å². The van der Waals surface area contributed by atoms with Crippen LogP contribution in [0.1, 0.15) is 11.6 Å². The van der Waals surface area contributed by atoms with E-state index in [0.717, 1.165) is 4.31 Å². The monoisotopic (exact) mass is 257 g/mol. The van der Waals surface area contributed by atoms with E-state index in [1.54, 1.807) is 0 Å². The molecule has 0 aromatic heterocycles. The summed E-state index contributed by atoms with van der Waals surface area (Å²) in [5, 5.41) is 8.90. The molecule has 0 radical (unpaired) electrons. The van der Waals surface area contributed by atoms with E-state index >= 15 is 0 Å². The summed E-state index contributed by atoms with van der Waals surface area (Å²) in [7, 11) is -1.00. The quantitative estimate of drug-likeness (QED) is 0.866. The maximum absolute atomic E-state index is 12.7. The lowest BCUT2D eigenvalue weighted by molar-refractivity contribution is 0.500. The molecule has 1 aromatic rings. The second kappa shape index (κ2) is 5.23. The Kier molecular flexibility index (Phi) is 4.17. The summed E-state index contributed by atoms with van der Waals surface area (Å²) in [4.78, 5) is 0. The number of nitrogens with zero attached hydrogens (tertiary/aromatic N) is 2. The van der Waals surface area contributed by atoms with Crippen LogP contribution in [0, 0.1) is 17.1 Å². The van der Waals surface area contributed by atoms with Crippen LogP contribution in [0.15, 0.2) is 24.3 Å². The Balaban J connectivity index is 2.95. The van der Waals surface area contributed by atoms with Crippen LogP contribution in [0.4, 0.5) is 4.39 Å². The SMILES string of the molecule is CN(C)S(=O)(=O)NC(C#N)c1ccc(F)cc1. The van der Waals surface area contributed by atoms with Gasteiger partial charge in [0.1, 0.15) is 11.9 Å². The first-order chi connectivity index (χ1) is 7.86. The minimum Gasteiger partial charge on any atom is -0.207 e. The van der Waals surface area contributed by atoms with Gasteiger partial charge in [-0.25, -0.2) is 4.39 Å². The van der Waals surface area contributed by atoms with Crippen LogP contribution >= 0.6 is 0 Å². The van der Waals surface area contributed by atoms with Crippen molar-refractivity contribution < 1.29 is 12.8 Å². The Morgan fingerprint density at radius 3 is 2.29 bits per heavy atom. The summed E-state index contributed by atoms with van der Waals surface area (Å²) in [6.07, 6.45) is 0. The molecule has 1 unspecified atom stereocenters. The molecule has 0 saturated heterocycles. The molecule has 1 rings (SSSR count). The van der Waals surface area contributed by atoms with Crippen molar-refractivity contribution in [3.8, 4) is 6.07 Å². The van der Waals surface area contributed by atoms with Gasteiger partial charge in [0.2, 0.25) is 0 Å². The highest BCUT2D eigenvalue weighted by Crippen LogP contribution is 2.14. The second-order valence-electron chi connectivity index (χ2n) is 3.52. The molecule has 0 amide bonds. The highest BCUT2D eigenvalue weighted by atomic mass is 32.2. The normalized spacial score (nSPS) is 13.4. The fourth-order valence-corrected chi connectivity index (χ4v) is 1.78. The molecule has 1 atom stereocenters. The third-order valence-electron chi connectivity index (χ3n) is 2.08. The molecule has 1 aromatic carbocycles. The number of rotatable bonds is 4. The van der Waals surface area contributed by atoms with Crippen LogP contribution in [0.2, 0.25) is 0 Å². The highest BCUT2D eigenvalue weighted by molar-refractivity contribution is 7.87. The fourth-order valence-electron chi connectivity index (χ4n) is 1.08. The maximum Gasteiger partial charge on any atom is 0.280 e. The molecule has 17 heavy (non-hydrogen) atoms. The van der Waals surface area contributed by atoms with E-state index in [-0.39, 0.29) is 0 Å². The molecule has 1 N–H and O–H groups in total. The second-order valence-corrected chi connectivity index (χ2v) is 5.44. The Morgan fingerprint density at radius 1 is 1.35 bits per heavy atom. The van der Waals surface area contributed by atoms with Gasteiger partial charge in [0.05, 0.1) is 6.07 Å². The van der Waals surface area contributed by atoms with Crippen molar-refractivity contribution in [1.29, 1.82) is 5.26 Å². The topological polar surface area (TPSA) is 73.2 Å². The first kappa shape index (κ1) is 13.6. The zero-order chi connectivity index (χ0) is 13.1. The van der Waals surface area contributed by atoms with Crippen molar-refractivity contribution in [3.63, 3.8) is 0 Å². The number of hydrogen-bond donors (Lipinski definition) is 1. The standard InChI is InChI=1S/C10H12FN3O2S/c1-14(2)17(15,16)13-10(7-12)8-3-5-9(11)6-4-8/h3-6,10,13H,1-2H3. The van der Waals surface area contributed by atoms with E-state index < -0.39 is 22.1 Å². The van der Waals surface area contributed by atoms with Crippen LogP contribution in [-0.4, -0.2) is 26.8 Å². The van der Waals surface area contributed by atoms with Crippen LogP contribution in [0.3, 0.4) is 0 Å². The lowest BCUT2D eigenvalue weighted by Crippen LogP contribution is -2.37. The Bertz CT molecular complexity index is 519. The van der Waals surface area contributed by atoms with Gasteiger partial charge in [0.15, 0.2) is 0 Å². The van der Waals surface area contributed by atoms with Crippen molar-refractivity contribution in [1.82, 2.24) is 9.03 Å². The molecule has 7 heteroatoms. The van der Waals surface area contributed by atoms with E-state index in [0.29, 0.717) is 5.56 Å². The van der Waals surface area contributed by atoms with E-state index in [1.165, 1.54) is 38.4 Å².